The van der Waals surface area contributed by atoms with E-state index in [0.29, 0.717) is 39.7 Å². The molecule has 2 aromatic heterocycles. The molecule has 0 amide bonds. The van der Waals surface area contributed by atoms with Crippen molar-refractivity contribution in [3.05, 3.63) is 104 Å². The van der Waals surface area contributed by atoms with E-state index in [1.54, 1.807) is 54.8 Å². The second-order valence-corrected chi connectivity index (χ2v) is 9.00. The highest BCUT2D eigenvalue weighted by molar-refractivity contribution is 14.1. The van der Waals surface area contributed by atoms with E-state index < -0.39 is 0 Å². The zero-order valence-electron chi connectivity index (χ0n) is 17.7. The molecule has 5 rings (SSSR count). The van der Waals surface area contributed by atoms with Crippen molar-refractivity contribution >= 4 is 62.3 Å². The molecule has 6 nitrogen and oxygen atoms in total. The molecule has 0 spiro atoms. The topological polar surface area (TPSA) is 69.6 Å². The largest absolute Gasteiger partial charge is 0.488 e. The third-order valence-electron chi connectivity index (χ3n) is 5.09. The van der Waals surface area contributed by atoms with Crippen molar-refractivity contribution in [2.45, 2.75) is 0 Å². The molecule has 0 radical (unpaired) electrons. The van der Waals surface area contributed by atoms with E-state index in [4.69, 9.17) is 25.7 Å². The van der Waals surface area contributed by atoms with Gasteiger partial charge in [0.2, 0.25) is 5.82 Å². The molecule has 3 aromatic carbocycles. The predicted octanol–water partition coefficient (Wildman–Crippen LogP) is 6.51. The fourth-order valence-corrected chi connectivity index (χ4v) is 4.38. The monoisotopic (exact) mass is 581 g/mol. The number of aromatic nitrogens is 2. The molecule has 0 fully saturated rings. The van der Waals surface area contributed by atoms with Crippen molar-refractivity contribution in [1.82, 2.24) is 9.66 Å². The Kier molecular flexibility index (Phi) is 6.21. The number of benzene rings is 3. The van der Waals surface area contributed by atoms with Crippen LogP contribution in [0.5, 0.6) is 5.75 Å². The van der Waals surface area contributed by atoms with E-state index in [1.165, 1.54) is 4.68 Å². The molecular formula is C26H17ClIN3O3. The lowest BCUT2D eigenvalue weighted by molar-refractivity contribution is 0.360. The third-order valence-corrected chi connectivity index (χ3v) is 6.17. The van der Waals surface area contributed by atoms with Crippen LogP contribution in [0.15, 0.2) is 93.7 Å². The number of hydrogen-bond donors (Lipinski definition) is 0. The maximum atomic E-state index is 13.4. The van der Waals surface area contributed by atoms with Gasteiger partial charge in [0.25, 0.3) is 5.56 Å². The van der Waals surface area contributed by atoms with Crippen molar-refractivity contribution in [3.63, 3.8) is 0 Å². The molecule has 0 saturated carbocycles. The van der Waals surface area contributed by atoms with Gasteiger partial charge in [-0.15, -0.1) is 0 Å². The van der Waals surface area contributed by atoms with Crippen molar-refractivity contribution in [3.8, 4) is 17.3 Å². The van der Waals surface area contributed by atoms with Gasteiger partial charge < -0.3 is 9.15 Å². The number of fused-ring (bicyclic) bond motifs is 2. The third kappa shape index (κ3) is 4.36. The molecule has 168 valence electrons. The van der Waals surface area contributed by atoms with E-state index in [2.05, 4.69) is 34.3 Å². The Morgan fingerprint density at radius 3 is 2.82 bits per heavy atom. The Balaban J connectivity index is 1.63. The molecule has 5 aromatic rings. The number of hydrogen-bond acceptors (Lipinski definition) is 5. The van der Waals surface area contributed by atoms with Crippen LogP contribution in [-0.2, 0) is 0 Å². The minimum Gasteiger partial charge on any atom is -0.488 e. The molecular weight excluding hydrogens is 565 g/mol. The van der Waals surface area contributed by atoms with Gasteiger partial charge in [-0.25, -0.2) is 4.98 Å². The highest BCUT2D eigenvalue weighted by Gasteiger charge is 2.16. The van der Waals surface area contributed by atoms with Gasteiger partial charge in [-0.2, -0.15) is 9.78 Å². The molecule has 0 N–H and O–H groups in total. The lowest BCUT2D eigenvalue weighted by Gasteiger charge is -2.08. The molecule has 0 bridgehead atoms. The molecule has 0 aliphatic rings. The molecule has 2 heterocycles. The summed E-state index contributed by atoms with van der Waals surface area (Å²) in [6.45, 7) is 4.09. The van der Waals surface area contributed by atoms with Gasteiger partial charge in [0.15, 0.2) is 5.76 Å². The van der Waals surface area contributed by atoms with Gasteiger partial charge in [-0.05, 0) is 82.8 Å². The van der Waals surface area contributed by atoms with Crippen LogP contribution < -0.4 is 10.3 Å². The minimum atomic E-state index is -0.295. The first kappa shape index (κ1) is 22.4. The van der Waals surface area contributed by atoms with Gasteiger partial charge in [0.1, 0.15) is 17.9 Å². The summed E-state index contributed by atoms with van der Waals surface area (Å²) in [6.07, 6.45) is 3.30. The average Bonchev–Trinajstić information content (AvgIpc) is 3.26. The SMILES string of the molecule is C=CCOc1ccc(C=Nn2c(-c3cc4cc(Cl)ccc4o3)nc3ccccc3c2=O)cc1I. The normalized spacial score (nSPS) is 11.5. The lowest BCUT2D eigenvalue weighted by Crippen LogP contribution is -2.20. The summed E-state index contributed by atoms with van der Waals surface area (Å²) in [5.74, 6) is 1.47. The fourth-order valence-electron chi connectivity index (χ4n) is 3.50. The molecule has 8 heteroatoms. The molecule has 0 unspecified atom stereocenters. The molecule has 0 aliphatic heterocycles. The van der Waals surface area contributed by atoms with Crippen molar-refractivity contribution in [2.24, 2.45) is 5.10 Å². The summed E-state index contributed by atoms with van der Waals surface area (Å²) in [5.41, 5.74) is 1.71. The highest BCUT2D eigenvalue weighted by atomic mass is 127. The predicted molar refractivity (Wildman–Crippen MR) is 144 cm³/mol. The first-order valence-corrected chi connectivity index (χ1v) is 11.8. The van der Waals surface area contributed by atoms with Crippen LogP contribution in [0.25, 0.3) is 33.5 Å². The molecule has 34 heavy (non-hydrogen) atoms. The number of rotatable bonds is 6. The zero-order valence-corrected chi connectivity index (χ0v) is 20.7. The van der Waals surface area contributed by atoms with Gasteiger partial charge in [-0.1, -0.05) is 36.4 Å². The number of halogens is 2. The van der Waals surface area contributed by atoms with Crippen LogP contribution in [0.2, 0.25) is 5.02 Å². The van der Waals surface area contributed by atoms with Crippen molar-refractivity contribution < 1.29 is 9.15 Å². The Bertz CT molecular complexity index is 1640. The highest BCUT2D eigenvalue weighted by Crippen LogP contribution is 2.29. The summed E-state index contributed by atoms with van der Waals surface area (Å²) in [6, 6.07) is 19.9. The zero-order chi connectivity index (χ0) is 23.7. The second kappa shape index (κ2) is 9.44. The maximum Gasteiger partial charge on any atom is 0.282 e. The number of furan rings is 1. The molecule has 0 atom stereocenters. The molecule has 0 aliphatic carbocycles. The first-order valence-electron chi connectivity index (χ1n) is 10.3. The quantitative estimate of drug-likeness (QED) is 0.130. The van der Waals surface area contributed by atoms with E-state index >= 15 is 0 Å². The van der Waals surface area contributed by atoms with Gasteiger partial charge in [-0.3, -0.25) is 4.79 Å². The van der Waals surface area contributed by atoms with Crippen LogP contribution in [0.4, 0.5) is 0 Å². The summed E-state index contributed by atoms with van der Waals surface area (Å²) < 4.78 is 13.8. The Morgan fingerprint density at radius 2 is 2.00 bits per heavy atom. The van der Waals surface area contributed by atoms with Crippen LogP contribution in [0, 0.1) is 3.57 Å². The first-order chi connectivity index (χ1) is 16.5. The standard InChI is InChI=1S/C26H17ClIN3O3/c1-2-11-33-23-9-7-16(12-20(23)28)15-29-31-25(30-21-6-4-3-5-19(21)26(31)32)24-14-17-13-18(27)8-10-22(17)34-24/h2-10,12-15H,1,11H2. The van der Waals surface area contributed by atoms with E-state index in [0.717, 1.165) is 20.3 Å². The summed E-state index contributed by atoms with van der Waals surface area (Å²) in [5, 5.41) is 6.36. The lowest BCUT2D eigenvalue weighted by atomic mass is 10.2. The minimum absolute atomic E-state index is 0.295. The van der Waals surface area contributed by atoms with Gasteiger partial charge in [0, 0.05) is 10.4 Å². The Hall–Kier alpha value is -3.43. The summed E-state index contributed by atoms with van der Waals surface area (Å²) >= 11 is 8.32. The number of ether oxygens (including phenoxy) is 1. The van der Waals surface area contributed by atoms with Gasteiger partial charge >= 0.3 is 0 Å². The smallest absolute Gasteiger partial charge is 0.282 e. The van der Waals surface area contributed by atoms with E-state index in [9.17, 15) is 4.79 Å². The maximum absolute atomic E-state index is 13.4. The summed E-state index contributed by atoms with van der Waals surface area (Å²) in [4.78, 5) is 18.1. The van der Waals surface area contributed by atoms with Crippen LogP contribution >= 0.6 is 34.2 Å². The van der Waals surface area contributed by atoms with Crippen LogP contribution in [0.3, 0.4) is 0 Å². The Morgan fingerprint density at radius 1 is 1.15 bits per heavy atom. The summed E-state index contributed by atoms with van der Waals surface area (Å²) in [7, 11) is 0. The Labute approximate surface area is 213 Å². The van der Waals surface area contributed by atoms with Gasteiger partial charge in [0.05, 0.1) is 20.7 Å². The van der Waals surface area contributed by atoms with E-state index in [1.807, 2.05) is 24.3 Å². The van der Waals surface area contributed by atoms with Crippen LogP contribution in [-0.4, -0.2) is 22.5 Å². The number of nitrogens with zero attached hydrogens (tertiary/aromatic N) is 3. The second-order valence-electron chi connectivity index (χ2n) is 7.40. The van der Waals surface area contributed by atoms with E-state index in [-0.39, 0.29) is 5.56 Å². The molecule has 0 saturated heterocycles. The van der Waals surface area contributed by atoms with Crippen LogP contribution in [0.1, 0.15) is 5.56 Å². The number of para-hydroxylation sites is 1. The van der Waals surface area contributed by atoms with Crippen molar-refractivity contribution in [1.29, 1.82) is 0 Å². The average molecular weight is 582 g/mol. The fraction of sp³-hybridized carbons (Fsp3) is 0.0385. The van der Waals surface area contributed by atoms with Crippen molar-refractivity contribution in [2.75, 3.05) is 6.61 Å².